The first-order chi connectivity index (χ1) is 9.12. The van der Waals surface area contributed by atoms with Crippen LogP contribution < -0.4 is 0 Å². The summed E-state index contributed by atoms with van der Waals surface area (Å²) in [4.78, 5) is 22.5. The zero-order valence-corrected chi connectivity index (χ0v) is 10.5. The van der Waals surface area contributed by atoms with Gasteiger partial charge in [-0.25, -0.2) is 0 Å². The number of carbonyl (C=O) groups is 1. The number of non-ortho nitro benzene ring substituents is 1. The number of hydrogen-bond acceptors (Lipinski definition) is 4. The fraction of sp³-hybridized carbons (Fsp3) is 0.500. The van der Waals surface area contributed by atoms with Gasteiger partial charge in [0.05, 0.1) is 10.3 Å². The molecule has 2 fully saturated rings. The molecule has 0 radical (unpaired) electrons. The average Bonchev–Trinajstić information content (AvgIpc) is 3.12. The Balaban J connectivity index is 1.84. The van der Waals surface area contributed by atoms with E-state index in [0.29, 0.717) is 0 Å². The van der Waals surface area contributed by atoms with Gasteiger partial charge in [-0.3, -0.25) is 14.9 Å². The number of rotatable bonds is 4. The molecule has 0 bridgehead atoms. The first-order valence-corrected chi connectivity index (χ1v) is 6.58. The van der Waals surface area contributed by atoms with Crippen LogP contribution in [0.3, 0.4) is 0 Å². The van der Waals surface area contributed by atoms with Gasteiger partial charge >= 0.3 is 5.97 Å². The lowest BCUT2D eigenvalue weighted by atomic mass is 9.64. The van der Waals surface area contributed by atoms with Gasteiger partial charge in [-0.15, -0.1) is 0 Å². The highest BCUT2D eigenvalue weighted by Crippen LogP contribution is 2.46. The Bertz CT molecular complexity index is 515. The third-order valence-corrected chi connectivity index (χ3v) is 4.03. The number of benzene rings is 1. The molecule has 0 aliphatic heterocycles. The summed E-state index contributed by atoms with van der Waals surface area (Å²) in [6.45, 7) is 0. The van der Waals surface area contributed by atoms with E-state index in [0.717, 1.165) is 37.7 Å². The average molecular weight is 261 g/mol. The minimum atomic E-state index is -0.558. The molecule has 5 nitrogen and oxygen atoms in total. The number of esters is 1. The van der Waals surface area contributed by atoms with Crippen molar-refractivity contribution in [2.45, 2.75) is 43.6 Å². The SMILES string of the molecule is O=C(OC1CC1)C1(c2ccc([N+](=O)[O-])cc2)CCC1. The van der Waals surface area contributed by atoms with Gasteiger partial charge in [0.25, 0.3) is 5.69 Å². The lowest BCUT2D eigenvalue weighted by Crippen LogP contribution is -2.43. The van der Waals surface area contributed by atoms with Gasteiger partial charge in [-0.05, 0) is 31.2 Å². The van der Waals surface area contributed by atoms with E-state index in [1.165, 1.54) is 12.1 Å². The summed E-state index contributed by atoms with van der Waals surface area (Å²) < 4.78 is 5.43. The molecule has 0 atom stereocenters. The van der Waals surface area contributed by atoms with Crippen LogP contribution in [0.1, 0.15) is 37.7 Å². The van der Waals surface area contributed by atoms with Gasteiger partial charge < -0.3 is 4.74 Å². The van der Waals surface area contributed by atoms with Crippen molar-refractivity contribution in [2.24, 2.45) is 0 Å². The fourth-order valence-electron chi connectivity index (χ4n) is 2.49. The van der Waals surface area contributed by atoms with Crippen molar-refractivity contribution in [3.05, 3.63) is 39.9 Å². The topological polar surface area (TPSA) is 69.4 Å². The van der Waals surface area contributed by atoms with Crippen LogP contribution in [0, 0.1) is 10.1 Å². The van der Waals surface area contributed by atoms with Crippen molar-refractivity contribution >= 4 is 11.7 Å². The summed E-state index contributed by atoms with van der Waals surface area (Å²) in [6.07, 6.45) is 4.57. The molecule has 1 aromatic carbocycles. The molecule has 2 aliphatic rings. The monoisotopic (exact) mass is 261 g/mol. The summed E-state index contributed by atoms with van der Waals surface area (Å²) in [7, 11) is 0. The lowest BCUT2D eigenvalue weighted by molar-refractivity contribution is -0.384. The van der Waals surface area contributed by atoms with E-state index in [9.17, 15) is 14.9 Å². The smallest absolute Gasteiger partial charge is 0.316 e. The zero-order chi connectivity index (χ0) is 13.5. The van der Waals surface area contributed by atoms with Crippen LogP contribution in [0.4, 0.5) is 5.69 Å². The first-order valence-electron chi connectivity index (χ1n) is 6.58. The third kappa shape index (κ3) is 2.09. The highest BCUT2D eigenvalue weighted by molar-refractivity contribution is 5.84. The Morgan fingerprint density at radius 3 is 2.32 bits per heavy atom. The number of hydrogen-bond donors (Lipinski definition) is 0. The van der Waals surface area contributed by atoms with E-state index in [4.69, 9.17) is 4.74 Å². The second-order valence-corrected chi connectivity index (χ2v) is 5.34. The summed E-state index contributed by atoms with van der Waals surface area (Å²) in [5.74, 6) is -0.157. The predicted octanol–water partition coefficient (Wildman–Crippen LogP) is 2.72. The van der Waals surface area contributed by atoms with Crippen molar-refractivity contribution < 1.29 is 14.5 Å². The molecule has 19 heavy (non-hydrogen) atoms. The van der Waals surface area contributed by atoms with E-state index >= 15 is 0 Å². The van der Waals surface area contributed by atoms with Crippen molar-refractivity contribution in [2.75, 3.05) is 0 Å². The summed E-state index contributed by atoms with van der Waals surface area (Å²) in [6, 6.07) is 6.29. The van der Waals surface area contributed by atoms with E-state index in [-0.39, 0.29) is 17.8 Å². The number of ether oxygens (including phenoxy) is 1. The summed E-state index contributed by atoms with van der Waals surface area (Å²) in [5, 5.41) is 10.6. The number of nitrogens with zero attached hydrogens (tertiary/aromatic N) is 1. The maximum Gasteiger partial charge on any atom is 0.316 e. The van der Waals surface area contributed by atoms with E-state index in [1.54, 1.807) is 12.1 Å². The second-order valence-electron chi connectivity index (χ2n) is 5.34. The lowest BCUT2D eigenvalue weighted by Gasteiger charge is -2.39. The molecule has 0 heterocycles. The maximum atomic E-state index is 12.3. The van der Waals surface area contributed by atoms with Crippen LogP contribution in [0.5, 0.6) is 0 Å². The number of carbonyl (C=O) groups excluding carboxylic acids is 1. The van der Waals surface area contributed by atoms with Crippen LogP contribution >= 0.6 is 0 Å². The van der Waals surface area contributed by atoms with Crippen LogP contribution in [-0.4, -0.2) is 17.0 Å². The number of nitro groups is 1. The maximum absolute atomic E-state index is 12.3. The molecule has 2 saturated carbocycles. The van der Waals surface area contributed by atoms with Crippen LogP contribution in [-0.2, 0) is 14.9 Å². The normalized spacial score (nSPS) is 20.4. The largest absolute Gasteiger partial charge is 0.462 e. The molecule has 0 saturated heterocycles. The van der Waals surface area contributed by atoms with E-state index < -0.39 is 10.3 Å². The van der Waals surface area contributed by atoms with Crippen LogP contribution in [0.25, 0.3) is 0 Å². The molecule has 100 valence electrons. The molecule has 3 rings (SSSR count). The Morgan fingerprint density at radius 1 is 1.26 bits per heavy atom. The molecule has 0 unspecified atom stereocenters. The van der Waals surface area contributed by atoms with Gasteiger partial charge in [0.15, 0.2) is 0 Å². The minimum Gasteiger partial charge on any atom is -0.462 e. The van der Waals surface area contributed by atoms with Gasteiger partial charge in [0, 0.05) is 12.1 Å². The summed E-state index contributed by atoms with van der Waals surface area (Å²) >= 11 is 0. The molecule has 0 aromatic heterocycles. The van der Waals surface area contributed by atoms with Crippen molar-refractivity contribution in [3.63, 3.8) is 0 Å². The molecule has 1 aromatic rings. The zero-order valence-electron chi connectivity index (χ0n) is 10.5. The summed E-state index contributed by atoms with van der Waals surface area (Å²) in [5.41, 5.74) is 0.335. The second kappa shape index (κ2) is 4.33. The van der Waals surface area contributed by atoms with Crippen LogP contribution in [0.2, 0.25) is 0 Å². The molecule has 0 N–H and O–H groups in total. The fourth-order valence-corrected chi connectivity index (χ4v) is 2.49. The van der Waals surface area contributed by atoms with Crippen LogP contribution in [0.15, 0.2) is 24.3 Å². The van der Waals surface area contributed by atoms with Crippen molar-refractivity contribution in [3.8, 4) is 0 Å². The Labute approximate surface area is 110 Å². The van der Waals surface area contributed by atoms with Gasteiger partial charge in [-0.2, -0.15) is 0 Å². The molecule has 0 amide bonds. The van der Waals surface area contributed by atoms with E-state index in [2.05, 4.69) is 0 Å². The Morgan fingerprint density at radius 2 is 1.89 bits per heavy atom. The van der Waals surface area contributed by atoms with Gasteiger partial charge in [0.2, 0.25) is 0 Å². The Hall–Kier alpha value is -1.91. The molecular formula is C14H15NO4. The van der Waals surface area contributed by atoms with Crippen molar-refractivity contribution in [1.29, 1.82) is 0 Å². The quantitative estimate of drug-likeness (QED) is 0.474. The molecule has 2 aliphatic carbocycles. The first kappa shape index (κ1) is 12.1. The highest BCUT2D eigenvalue weighted by atomic mass is 16.6. The van der Waals surface area contributed by atoms with Gasteiger partial charge in [0.1, 0.15) is 6.10 Å². The standard InChI is InChI=1S/C14H15NO4/c16-13(19-12-6-7-12)14(8-1-9-14)10-2-4-11(5-3-10)15(17)18/h2-5,12H,1,6-9H2. The molecule has 5 heteroatoms. The van der Waals surface area contributed by atoms with E-state index in [1.807, 2.05) is 0 Å². The minimum absolute atomic E-state index is 0.0498. The molecular weight excluding hydrogens is 246 g/mol. The van der Waals surface area contributed by atoms with Gasteiger partial charge in [-0.1, -0.05) is 18.6 Å². The predicted molar refractivity (Wildman–Crippen MR) is 67.7 cm³/mol. The highest BCUT2D eigenvalue weighted by Gasteiger charge is 2.48. The third-order valence-electron chi connectivity index (χ3n) is 4.03. The number of nitro benzene ring substituents is 1. The van der Waals surface area contributed by atoms with Crippen molar-refractivity contribution in [1.82, 2.24) is 0 Å². The molecule has 0 spiro atoms. The Kier molecular flexibility index (Phi) is 2.77.